The van der Waals surface area contributed by atoms with Crippen LogP contribution in [0.5, 0.6) is 0 Å². The molecule has 4 rings (SSSR count). The second-order valence-electron chi connectivity index (χ2n) is 5.93. The number of fused-ring (bicyclic) bond motifs is 1. The average Bonchev–Trinajstić information content (AvgIpc) is 3.30. The van der Waals surface area contributed by atoms with E-state index in [0.29, 0.717) is 27.1 Å². The Hall–Kier alpha value is -3.18. The molecule has 0 spiro atoms. The Morgan fingerprint density at radius 2 is 1.73 bits per heavy atom. The van der Waals surface area contributed by atoms with Gasteiger partial charge in [-0.2, -0.15) is 0 Å². The number of furan rings is 1. The van der Waals surface area contributed by atoms with Gasteiger partial charge in [0.1, 0.15) is 5.58 Å². The van der Waals surface area contributed by atoms with E-state index in [9.17, 15) is 9.59 Å². The molecule has 1 amide bonds. The summed E-state index contributed by atoms with van der Waals surface area (Å²) < 4.78 is 5.80. The molecule has 0 fully saturated rings. The van der Waals surface area contributed by atoms with Gasteiger partial charge in [-0.3, -0.25) is 9.59 Å². The lowest BCUT2D eigenvalue weighted by Crippen LogP contribution is -2.13. The van der Waals surface area contributed by atoms with Crippen LogP contribution in [0.1, 0.15) is 31.4 Å². The third kappa shape index (κ3) is 2.93. The zero-order valence-corrected chi connectivity index (χ0v) is 14.8. The topological polar surface area (TPSA) is 59.3 Å². The molecule has 0 radical (unpaired) electrons. The molecular weight excluding hydrogens is 346 g/mol. The highest BCUT2D eigenvalue weighted by Crippen LogP contribution is 2.33. The van der Waals surface area contributed by atoms with Crippen molar-refractivity contribution in [1.29, 1.82) is 0 Å². The van der Waals surface area contributed by atoms with Crippen LogP contribution < -0.4 is 5.32 Å². The van der Waals surface area contributed by atoms with Crippen molar-refractivity contribution in [3.8, 4) is 0 Å². The van der Waals surface area contributed by atoms with E-state index in [1.165, 1.54) is 11.3 Å². The van der Waals surface area contributed by atoms with Crippen LogP contribution in [-0.4, -0.2) is 11.7 Å². The maximum absolute atomic E-state index is 13.0. The zero-order chi connectivity index (χ0) is 18.1. The second-order valence-corrected chi connectivity index (χ2v) is 6.88. The highest BCUT2D eigenvalue weighted by atomic mass is 32.1. The summed E-state index contributed by atoms with van der Waals surface area (Å²) in [5, 5.41) is 5.39. The minimum absolute atomic E-state index is 0.139. The van der Waals surface area contributed by atoms with Gasteiger partial charge in [-0.15, -0.1) is 11.3 Å². The fourth-order valence-corrected chi connectivity index (χ4v) is 3.37. The monoisotopic (exact) mass is 361 g/mol. The number of aryl methyl sites for hydroxylation is 1. The van der Waals surface area contributed by atoms with E-state index in [1.54, 1.807) is 24.3 Å². The summed E-state index contributed by atoms with van der Waals surface area (Å²) in [6.45, 7) is 1.96. The van der Waals surface area contributed by atoms with Crippen LogP contribution in [0, 0.1) is 6.92 Å². The van der Waals surface area contributed by atoms with Crippen molar-refractivity contribution in [2.24, 2.45) is 0 Å². The highest BCUT2D eigenvalue weighted by Gasteiger charge is 2.23. The first-order valence-electron chi connectivity index (χ1n) is 8.11. The van der Waals surface area contributed by atoms with Crippen LogP contribution >= 0.6 is 11.3 Å². The minimum atomic E-state index is -0.261. The number of hydrogen-bond acceptors (Lipinski definition) is 4. The summed E-state index contributed by atoms with van der Waals surface area (Å²) in [6, 6.07) is 18.1. The van der Waals surface area contributed by atoms with Gasteiger partial charge >= 0.3 is 0 Å². The van der Waals surface area contributed by atoms with E-state index in [-0.39, 0.29) is 17.5 Å². The molecule has 128 valence electrons. The summed E-state index contributed by atoms with van der Waals surface area (Å²) >= 11 is 1.34. The van der Waals surface area contributed by atoms with Crippen molar-refractivity contribution in [2.45, 2.75) is 6.92 Å². The molecule has 0 aliphatic carbocycles. The molecule has 26 heavy (non-hydrogen) atoms. The van der Waals surface area contributed by atoms with Crippen LogP contribution in [0.2, 0.25) is 0 Å². The molecule has 1 N–H and O–H groups in total. The van der Waals surface area contributed by atoms with Gasteiger partial charge < -0.3 is 9.73 Å². The molecule has 2 aromatic carbocycles. The lowest BCUT2D eigenvalue weighted by molar-refractivity contribution is 0.101. The van der Waals surface area contributed by atoms with E-state index >= 15 is 0 Å². The number of anilines is 1. The maximum atomic E-state index is 13.0. The van der Waals surface area contributed by atoms with Gasteiger partial charge in [-0.05, 0) is 30.5 Å². The number of thiophene rings is 1. The molecule has 5 heteroatoms. The molecule has 0 saturated carbocycles. The summed E-state index contributed by atoms with van der Waals surface area (Å²) in [4.78, 5) is 26.1. The van der Waals surface area contributed by atoms with Crippen molar-refractivity contribution in [3.63, 3.8) is 0 Å². The van der Waals surface area contributed by atoms with E-state index in [0.717, 1.165) is 5.56 Å². The summed E-state index contributed by atoms with van der Waals surface area (Å²) in [7, 11) is 0. The smallest absolute Gasteiger partial charge is 0.265 e. The molecule has 0 atom stereocenters. The number of carbonyl (C=O) groups is 2. The lowest BCUT2D eigenvalue weighted by atomic mass is 10.1. The van der Waals surface area contributed by atoms with Gasteiger partial charge in [0.05, 0.1) is 10.6 Å². The molecule has 0 unspecified atom stereocenters. The van der Waals surface area contributed by atoms with E-state index in [1.807, 2.05) is 48.7 Å². The first-order valence-corrected chi connectivity index (χ1v) is 8.99. The van der Waals surface area contributed by atoms with Crippen molar-refractivity contribution in [2.75, 3.05) is 5.32 Å². The van der Waals surface area contributed by atoms with Gasteiger partial charge in [0.25, 0.3) is 5.91 Å². The van der Waals surface area contributed by atoms with Crippen LogP contribution in [0.15, 0.2) is 70.5 Å². The molecule has 4 nitrogen and oxygen atoms in total. The minimum Gasteiger partial charge on any atom is -0.450 e. The number of benzene rings is 2. The Kier molecular flexibility index (Phi) is 4.14. The first kappa shape index (κ1) is 16.3. The fraction of sp³-hybridized carbons (Fsp3) is 0.0476. The molecule has 0 bridgehead atoms. The number of amides is 1. The van der Waals surface area contributed by atoms with E-state index in [4.69, 9.17) is 4.42 Å². The molecule has 0 aliphatic heterocycles. The molecule has 2 heterocycles. The van der Waals surface area contributed by atoms with Crippen LogP contribution in [0.3, 0.4) is 0 Å². The standard InChI is InChI=1S/C21H15NO3S/c1-13-8-10-14(11-9-13)19(23)20-18(15-5-2-3-6-16(15)25-20)22-21(24)17-7-4-12-26-17/h2-12H,1H3,(H,22,24). The van der Waals surface area contributed by atoms with Crippen molar-refractivity contribution >= 4 is 39.7 Å². The van der Waals surface area contributed by atoms with Crippen molar-refractivity contribution in [1.82, 2.24) is 0 Å². The SMILES string of the molecule is Cc1ccc(C(=O)c2oc3ccccc3c2NC(=O)c2cccs2)cc1. The highest BCUT2D eigenvalue weighted by molar-refractivity contribution is 7.12. The molecule has 0 saturated heterocycles. The van der Waals surface area contributed by atoms with Crippen LogP contribution in [-0.2, 0) is 0 Å². The normalized spacial score (nSPS) is 10.8. The van der Waals surface area contributed by atoms with Gasteiger partial charge in [0.2, 0.25) is 5.78 Å². The quantitative estimate of drug-likeness (QED) is 0.503. The number of nitrogens with one attached hydrogen (secondary N) is 1. The predicted octanol–water partition coefficient (Wildman–Crippen LogP) is 5.29. The first-order chi connectivity index (χ1) is 12.6. The number of rotatable bonds is 4. The Labute approximate surface area is 154 Å². The third-order valence-electron chi connectivity index (χ3n) is 4.10. The Morgan fingerprint density at radius 3 is 2.46 bits per heavy atom. The Morgan fingerprint density at radius 1 is 0.962 bits per heavy atom. The zero-order valence-electron chi connectivity index (χ0n) is 14.0. The lowest BCUT2D eigenvalue weighted by Gasteiger charge is -2.05. The van der Waals surface area contributed by atoms with Crippen molar-refractivity contribution < 1.29 is 14.0 Å². The number of hydrogen-bond donors (Lipinski definition) is 1. The molecule has 4 aromatic rings. The van der Waals surface area contributed by atoms with E-state index in [2.05, 4.69) is 5.32 Å². The predicted molar refractivity (Wildman–Crippen MR) is 103 cm³/mol. The summed E-state index contributed by atoms with van der Waals surface area (Å²) in [6.07, 6.45) is 0. The van der Waals surface area contributed by atoms with Crippen LogP contribution in [0.25, 0.3) is 11.0 Å². The Bertz CT molecular complexity index is 1090. The van der Waals surface area contributed by atoms with Gasteiger partial charge in [-0.1, -0.05) is 48.0 Å². The van der Waals surface area contributed by atoms with Crippen LogP contribution in [0.4, 0.5) is 5.69 Å². The number of carbonyl (C=O) groups excluding carboxylic acids is 2. The molecule has 2 aromatic heterocycles. The molecular formula is C21H15NO3S. The maximum Gasteiger partial charge on any atom is 0.265 e. The second kappa shape index (κ2) is 6.61. The fourth-order valence-electron chi connectivity index (χ4n) is 2.75. The van der Waals surface area contributed by atoms with Gasteiger partial charge in [-0.25, -0.2) is 0 Å². The van der Waals surface area contributed by atoms with E-state index < -0.39 is 0 Å². The summed E-state index contributed by atoms with van der Waals surface area (Å²) in [5.41, 5.74) is 2.55. The number of para-hydroxylation sites is 1. The van der Waals surface area contributed by atoms with Gasteiger partial charge in [0, 0.05) is 10.9 Å². The largest absolute Gasteiger partial charge is 0.450 e. The van der Waals surface area contributed by atoms with Gasteiger partial charge in [0.15, 0.2) is 5.76 Å². The average molecular weight is 361 g/mol. The van der Waals surface area contributed by atoms with Crippen molar-refractivity contribution in [3.05, 3.63) is 87.8 Å². The summed E-state index contributed by atoms with van der Waals surface area (Å²) in [5.74, 6) is -0.382. The third-order valence-corrected chi connectivity index (χ3v) is 4.97. The Balaban J connectivity index is 1.80. The molecule has 0 aliphatic rings. The number of ketones is 1.